The van der Waals surface area contributed by atoms with Crippen molar-refractivity contribution in [1.29, 1.82) is 0 Å². The lowest BCUT2D eigenvalue weighted by molar-refractivity contribution is 0.174. The Bertz CT molecular complexity index is 477. The van der Waals surface area contributed by atoms with E-state index in [1.165, 1.54) is 11.1 Å². The first-order valence-corrected chi connectivity index (χ1v) is 5.33. The van der Waals surface area contributed by atoms with Gasteiger partial charge in [-0.05, 0) is 30.2 Å². The molecule has 2 aliphatic heterocycles. The summed E-state index contributed by atoms with van der Waals surface area (Å²) in [5.41, 5.74) is 2.42. The standard InChI is InChI=1S/C13H13NO2/c1-9-2-4-11(14-7-9)10-3-5-12-13(6-10)16-8-15-12/h2-7,11,14H,8H2,1H3. The molecule has 16 heavy (non-hydrogen) atoms. The molecule has 82 valence electrons. The second-order valence-electron chi connectivity index (χ2n) is 4.00. The Kier molecular flexibility index (Phi) is 2.10. The lowest BCUT2D eigenvalue weighted by Gasteiger charge is -2.18. The summed E-state index contributed by atoms with van der Waals surface area (Å²) < 4.78 is 10.6. The number of fused-ring (bicyclic) bond motifs is 1. The van der Waals surface area contributed by atoms with E-state index in [2.05, 4.69) is 30.5 Å². The molecule has 0 bridgehead atoms. The Hall–Kier alpha value is -1.90. The summed E-state index contributed by atoms with van der Waals surface area (Å²) in [6.07, 6.45) is 6.29. The molecule has 1 aromatic rings. The van der Waals surface area contributed by atoms with E-state index in [9.17, 15) is 0 Å². The first kappa shape index (κ1) is 9.33. The Morgan fingerprint density at radius 2 is 2.12 bits per heavy atom. The molecule has 0 amide bonds. The smallest absolute Gasteiger partial charge is 0.231 e. The summed E-state index contributed by atoms with van der Waals surface area (Å²) in [6, 6.07) is 6.26. The molecule has 0 aromatic heterocycles. The van der Waals surface area contributed by atoms with Crippen LogP contribution in [-0.4, -0.2) is 6.79 Å². The first-order chi connectivity index (χ1) is 7.83. The number of benzene rings is 1. The molecule has 1 unspecified atom stereocenters. The van der Waals surface area contributed by atoms with Crippen molar-refractivity contribution in [2.45, 2.75) is 13.0 Å². The van der Waals surface area contributed by atoms with E-state index in [1.54, 1.807) is 0 Å². The predicted molar refractivity (Wildman–Crippen MR) is 61.3 cm³/mol. The summed E-state index contributed by atoms with van der Waals surface area (Å²) in [4.78, 5) is 0. The van der Waals surface area contributed by atoms with Crippen LogP contribution in [0.4, 0.5) is 0 Å². The molecular formula is C13H13NO2. The molecule has 0 radical (unpaired) electrons. The molecule has 2 heterocycles. The fourth-order valence-corrected chi connectivity index (χ4v) is 1.89. The molecular weight excluding hydrogens is 202 g/mol. The number of ether oxygens (including phenoxy) is 2. The van der Waals surface area contributed by atoms with Gasteiger partial charge in [-0.15, -0.1) is 0 Å². The van der Waals surface area contributed by atoms with E-state index in [0.717, 1.165) is 11.5 Å². The molecule has 0 fully saturated rings. The predicted octanol–water partition coefficient (Wildman–Crippen LogP) is 2.52. The van der Waals surface area contributed by atoms with Crippen molar-refractivity contribution in [2.24, 2.45) is 0 Å². The molecule has 2 aliphatic rings. The van der Waals surface area contributed by atoms with Crippen molar-refractivity contribution < 1.29 is 9.47 Å². The van der Waals surface area contributed by atoms with Crippen LogP contribution < -0.4 is 14.8 Å². The van der Waals surface area contributed by atoms with Gasteiger partial charge in [-0.3, -0.25) is 0 Å². The number of nitrogens with one attached hydrogen (secondary N) is 1. The van der Waals surface area contributed by atoms with E-state index in [-0.39, 0.29) is 6.04 Å². The topological polar surface area (TPSA) is 30.5 Å². The molecule has 1 atom stereocenters. The zero-order chi connectivity index (χ0) is 11.0. The Labute approximate surface area is 94.4 Å². The quantitative estimate of drug-likeness (QED) is 0.780. The highest BCUT2D eigenvalue weighted by Gasteiger charge is 2.16. The summed E-state index contributed by atoms with van der Waals surface area (Å²) >= 11 is 0. The highest BCUT2D eigenvalue weighted by molar-refractivity contribution is 5.46. The molecule has 1 aromatic carbocycles. The van der Waals surface area contributed by atoms with Gasteiger partial charge in [-0.25, -0.2) is 0 Å². The molecule has 1 N–H and O–H groups in total. The largest absolute Gasteiger partial charge is 0.454 e. The van der Waals surface area contributed by atoms with Crippen LogP contribution in [-0.2, 0) is 0 Å². The third-order valence-electron chi connectivity index (χ3n) is 2.80. The van der Waals surface area contributed by atoms with E-state index in [1.807, 2.05) is 18.3 Å². The molecule has 3 heteroatoms. The third kappa shape index (κ3) is 1.54. The van der Waals surface area contributed by atoms with Gasteiger partial charge in [0.15, 0.2) is 11.5 Å². The van der Waals surface area contributed by atoms with Crippen molar-refractivity contribution in [3.05, 3.63) is 47.7 Å². The van der Waals surface area contributed by atoms with Crippen molar-refractivity contribution >= 4 is 0 Å². The van der Waals surface area contributed by atoms with Crippen LogP contribution in [0, 0.1) is 0 Å². The van der Waals surface area contributed by atoms with Gasteiger partial charge in [0, 0.05) is 6.20 Å². The van der Waals surface area contributed by atoms with Crippen LogP contribution in [0.15, 0.2) is 42.1 Å². The Morgan fingerprint density at radius 3 is 2.94 bits per heavy atom. The molecule has 3 rings (SSSR count). The summed E-state index contributed by atoms with van der Waals surface area (Å²) in [5, 5.41) is 3.33. The minimum absolute atomic E-state index is 0.221. The fourth-order valence-electron chi connectivity index (χ4n) is 1.89. The van der Waals surface area contributed by atoms with Gasteiger partial charge >= 0.3 is 0 Å². The number of rotatable bonds is 1. The van der Waals surface area contributed by atoms with Crippen molar-refractivity contribution in [1.82, 2.24) is 5.32 Å². The summed E-state index contributed by atoms with van der Waals surface area (Å²) in [6.45, 7) is 2.39. The van der Waals surface area contributed by atoms with E-state index >= 15 is 0 Å². The number of hydrogen-bond acceptors (Lipinski definition) is 3. The van der Waals surface area contributed by atoms with Gasteiger partial charge in [-0.2, -0.15) is 0 Å². The van der Waals surface area contributed by atoms with Crippen LogP contribution in [0.25, 0.3) is 0 Å². The number of dihydropyridines is 1. The van der Waals surface area contributed by atoms with E-state index in [4.69, 9.17) is 9.47 Å². The average molecular weight is 215 g/mol. The van der Waals surface area contributed by atoms with Crippen molar-refractivity contribution in [3.8, 4) is 11.5 Å². The zero-order valence-electron chi connectivity index (χ0n) is 9.07. The minimum atomic E-state index is 0.221. The van der Waals surface area contributed by atoms with Gasteiger partial charge in [0.1, 0.15) is 0 Å². The van der Waals surface area contributed by atoms with Crippen molar-refractivity contribution in [3.63, 3.8) is 0 Å². The van der Waals surface area contributed by atoms with E-state index < -0.39 is 0 Å². The van der Waals surface area contributed by atoms with Gasteiger partial charge < -0.3 is 14.8 Å². The number of hydrogen-bond donors (Lipinski definition) is 1. The second-order valence-corrected chi connectivity index (χ2v) is 4.00. The third-order valence-corrected chi connectivity index (χ3v) is 2.80. The molecule has 0 saturated carbocycles. The highest BCUT2D eigenvalue weighted by atomic mass is 16.7. The summed E-state index contributed by atoms with van der Waals surface area (Å²) in [5.74, 6) is 1.66. The first-order valence-electron chi connectivity index (χ1n) is 5.33. The zero-order valence-corrected chi connectivity index (χ0v) is 9.07. The highest BCUT2D eigenvalue weighted by Crippen LogP contribution is 2.34. The van der Waals surface area contributed by atoms with E-state index in [0.29, 0.717) is 6.79 Å². The van der Waals surface area contributed by atoms with Gasteiger partial charge in [0.2, 0.25) is 6.79 Å². The molecule has 0 saturated heterocycles. The Balaban J connectivity index is 1.88. The maximum Gasteiger partial charge on any atom is 0.231 e. The molecule has 0 aliphatic carbocycles. The Morgan fingerprint density at radius 1 is 1.25 bits per heavy atom. The lowest BCUT2D eigenvalue weighted by Crippen LogP contribution is -2.16. The normalized spacial score (nSPS) is 21.6. The fraction of sp³-hybridized carbons (Fsp3) is 0.231. The average Bonchev–Trinajstić information content (AvgIpc) is 2.77. The maximum atomic E-state index is 5.36. The van der Waals surface area contributed by atoms with Gasteiger partial charge in [-0.1, -0.05) is 18.2 Å². The van der Waals surface area contributed by atoms with Crippen LogP contribution in [0.2, 0.25) is 0 Å². The summed E-state index contributed by atoms with van der Waals surface area (Å²) in [7, 11) is 0. The second kappa shape index (κ2) is 3.59. The van der Waals surface area contributed by atoms with Gasteiger partial charge in [0.05, 0.1) is 6.04 Å². The lowest BCUT2D eigenvalue weighted by atomic mass is 10.0. The molecule has 0 spiro atoms. The molecule has 3 nitrogen and oxygen atoms in total. The van der Waals surface area contributed by atoms with Crippen LogP contribution in [0.3, 0.4) is 0 Å². The minimum Gasteiger partial charge on any atom is -0.454 e. The maximum absolute atomic E-state index is 5.36. The van der Waals surface area contributed by atoms with Gasteiger partial charge in [0.25, 0.3) is 0 Å². The van der Waals surface area contributed by atoms with Crippen molar-refractivity contribution in [2.75, 3.05) is 6.79 Å². The van der Waals surface area contributed by atoms with Crippen LogP contribution in [0.1, 0.15) is 18.5 Å². The number of allylic oxidation sites excluding steroid dienone is 2. The van der Waals surface area contributed by atoms with Crippen LogP contribution >= 0.6 is 0 Å². The van der Waals surface area contributed by atoms with Crippen LogP contribution in [0.5, 0.6) is 11.5 Å². The monoisotopic (exact) mass is 215 g/mol. The SMILES string of the molecule is CC1=CNC(c2ccc3c(c2)OCO3)C=C1.